The van der Waals surface area contributed by atoms with E-state index in [0.717, 1.165) is 17.9 Å². The Morgan fingerprint density at radius 2 is 2.04 bits per heavy atom. The first-order chi connectivity index (χ1) is 11.2. The first-order valence-corrected chi connectivity index (χ1v) is 8.22. The minimum Gasteiger partial charge on any atom is -0.497 e. The molecule has 0 unspecified atom stereocenters. The van der Waals surface area contributed by atoms with Gasteiger partial charge in [-0.25, -0.2) is 9.98 Å². The van der Waals surface area contributed by atoms with Gasteiger partial charge in [0, 0.05) is 12.7 Å². The fourth-order valence-electron chi connectivity index (χ4n) is 2.28. The highest BCUT2D eigenvalue weighted by Crippen LogP contribution is 2.17. The lowest BCUT2D eigenvalue weighted by Gasteiger charge is -2.06. The number of pyridine rings is 1. The first kappa shape index (κ1) is 15.4. The standard InChI is InChI=1S/C17H17N3O2S/c1-3-11-20-16(21)14-5-4-10-18-15(14)23-17(20)19-12-6-8-13(22-2)9-7-12/h4-10H,3,11H2,1-2H3. The predicted octanol–water partition coefficient (Wildman–Crippen LogP) is 3.11. The number of benzene rings is 1. The van der Waals surface area contributed by atoms with Crippen LogP contribution in [0.15, 0.2) is 52.4 Å². The Hall–Kier alpha value is -2.47. The van der Waals surface area contributed by atoms with Crippen LogP contribution in [0.4, 0.5) is 5.69 Å². The third kappa shape index (κ3) is 3.17. The molecule has 0 aliphatic carbocycles. The van der Waals surface area contributed by atoms with Crippen LogP contribution in [0.25, 0.3) is 10.2 Å². The molecule has 0 N–H and O–H groups in total. The van der Waals surface area contributed by atoms with Crippen LogP contribution < -0.4 is 15.1 Å². The SMILES string of the molecule is CCCn1c(=Nc2ccc(OC)cc2)sc2ncccc2c1=O. The number of fused-ring (bicyclic) bond motifs is 1. The second-order valence-electron chi connectivity index (χ2n) is 5.01. The fourth-order valence-corrected chi connectivity index (χ4v) is 3.27. The van der Waals surface area contributed by atoms with Gasteiger partial charge in [-0.3, -0.25) is 9.36 Å². The zero-order chi connectivity index (χ0) is 16.2. The zero-order valence-corrected chi connectivity index (χ0v) is 13.8. The molecule has 0 saturated carbocycles. The maximum absolute atomic E-state index is 12.7. The summed E-state index contributed by atoms with van der Waals surface area (Å²) in [5, 5.41) is 0.639. The van der Waals surface area contributed by atoms with E-state index in [2.05, 4.69) is 9.98 Å². The molecule has 0 amide bonds. The van der Waals surface area contributed by atoms with E-state index in [1.54, 1.807) is 23.9 Å². The molecular weight excluding hydrogens is 310 g/mol. The van der Waals surface area contributed by atoms with Crippen molar-refractivity contribution in [3.63, 3.8) is 0 Å². The van der Waals surface area contributed by atoms with Crippen LogP contribution in [-0.2, 0) is 6.54 Å². The minimum atomic E-state index is -0.0408. The molecule has 0 atom stereocenters. The molecule has 1 aromatic carbocycles. The summed E-state index contributed by atoms with van der Waals surface area (Å²) in [5.41, 5.74) is 0.738. The molecule has 0 spiro atoms. The molecule has 0 bridgehead atoms. The number of ether oxygens (including phenoxy) is 1. The van der Waals surface area contributed by atoms with E-state index in [1.807, 2.05) is 37.3 Å². The normalized spacial score (nSPS) is 11.8. The molecular formula is C17H17N3O2S. The third-order valence-electron chi connectivity index (χ3n) is 3.41. The van der Waals surface area contributed by atoms with Crippen LogP contribution in [0.2, 0.25) is 0 Å². The Kier molecular flexibility index (Phi) is 4.52. The van der Waals surface area contributed by atoms with Gasteiger partial charge >= 0.3 is 0 Å². The molecule has 2 heterocycles. The number of aromatic nitrogens is 2. The molecule has 23 heavy (non-hydrogen) atoms. The highest BCUT2D eigenvalue weighted by Gasteiger charge is 2.07. The van der Waals surface area contributed by atoms with Crippen molar-refractivity contribution < 1.29 is 4.74 Å². The van der Waals surface area contributed by atoms with Gasteiger partial charge in [0.05, 0.1) is 18.2 Å². The fraction of sp³-hybridized carbons (Fsp3) is 0.235. The molecule has 0 aliphatic heterocycles. The van der Waals surface area contributed by atoms with Crippen molar-refractivity contribution in [2.24, 2.45) is 4.99 Å². The average Bonchev–Trinajstić information content (AvgIpc) is 2.59. The van der Waals surface area contributed by atoms with Crippen molar-refractivity contribution in [1.29, 1.82) is 0 Å². The van der Waals surface area contributed by atoms with E-state index in [4.69, 9.17) is 4.74 Å². The summed E-state index contributed by atoms with van der Waals surface area (Å²) in [7, 11) is 1.63. The van der Waals surface area contributed by atoms with E-state index in [1.165, 1.54) is 11.3 Å². The number of rotatable bonds is 4. The molecule has 0 radical (unpaired) electrons. The molecule has 2 aromatic heterocycles. The Morgan fingerprint density at radius 1 is 1.26 bits per heavy atom. The molecule has 3 aromatic rings. The van der Waals surface area contributed by atoms with Crippen LogP contribution in [0.3, 0.4) is 0 Å². The molecule has 3 rings (SSSR count). The molecule has 0 aliphatic rings. The zero-order valence-electron chi connectivity index (χ0n) is 13.0. The van der Waals surface area contributed by atoms with E-state index in [9.17, 15) is 4.79 Å². The molecule has 0 fully saturated rings. The summed E-state index contributed by atoms with van der Waals surface area (Å²) < 4.78 is 6.88. The molecule has 0 saturated heterocycles. The van der Waals surface area contributed by atoms with E-state index in [-0.39, 0.29) is 5.56 Å². The predicted molar refractivity (Wildman–Crippen MR) is 92.4 cm³/mol. The van der Waals surface area contributed by atoms with Crippen LogP contribution in [0, 0.1) is 0 Å². The van der Waals surface area contributed by atoms with Crippen LogP contribution in [0.5, 0.6) is 5.75 Å². The first-order valence-electron chi connectivity index (χ1n) is 7.40. The number of hydrogen-bond donors (Lipinski definition) is 0. The van der Waals surface area contributed by atoms with Gasteiger partial charge in [0.15, 0.2) is 4.80 Å². The van der Waals surface area contributed by atoms with Crippen LogP contribution in [-0.4, -0.2) is 16.7 Å². The Balaban J connectivity index is 2.23. The van der Waals surface area contributed by atoms with Crippen molar-refractivity contribution in [1.82, 2.24) is 9.55 Å². The van der Waals surface area contributed by atoms with Gasteiger partial charge in [0.25, 0.3) is 5.56 Å². The molecule has 5 nitrogen and oxygen atoms in total. The Morgan fingerprint density at radius 3 is 2.74 bits per heavy atom. The summed E-state index contributed by atoms with van der Waals surface area (Å²) in [4.78, 5) is 23.0. The summed E-state index contributed by atoms with van der Waals surface area (Å²) in [6.45, 7) is 2.68. The summed E-state index contributed by atoms with van der Waals surface area (Å²) in [5.74, 6) is 0.777. The smallest absolute Gasteiger partial charge is 0.263 e. The van der Waals surface area contributed by atoms with E-state index in [0.29, 0.717) is 21.6 Å². The topological polar surface area (TPSA) is 56.5 Å². The summed E-state index contributed by atoms with van der Waals surface area (Å²) in [6, 6.07) is 11.0. The lowest BCUT2D eigenvalue weighted by Crippen LogP contribution is -2.31. The van der Waals surface area contributed by atoms with Gasteiger partial charge < -0.3 is 4.74 Å². The Labute approximate surface area is 137 Å². The lowest BCUT2D eigenvalue weighted by atomic mass is 10.3. The van der Waals surface area contributed by atoms with Gasteiger partial charge in [0.2, 0.25) is 0 Å². The van der Waals surface area contributed by atoms with E-state index < -0.39 is 0 Å². The molecule has 118 valence electrons. The van der Waals surface area contributed by atoms with Crippen molar-refractivity contribution in [2.75, 3.05) is 7.11 Å². The highest BCUT2D eigenvalue weighted by atomic mass is 32.1. The van der Waals surface area contributed by atoms with Gasteiger partial charge in [-0.2, -0.15) is 0 Å². The largest absolute Gasteiger partial charge is 0.497 e. The van der Waals surface area contributed by atoms with Gasteiger partial charge in [-0.05, 0) is 42.8 Å². The van der Waals surface area contributed by atoms with Crippen LogP contribution >= 0.6 is 11.3 Å². The van der Waals surface area contributed by atoms with Crippen molar-refractivity contribution >= 4 is 27.2 Å². The summed E-state index contributed by atoms with van der Waals surface area (Å²) in [6.07, 6.45) is 2.56. The second-order valence-corrected chi connectivity index (χ2v) is 5.96. The van der Waals surface area contributed by atoms with Crippen LogP contribution in [0.1, 0.15) is 13.3 Å². The molecule has 6 heteroatoms. The lowest BCUT2D eigenvalue weighted by molar-refractivity contribution is 0.415. The number of nitrogens with zero attached hydrogens (tertiary/aromatic N) is 3. The summed E-state index contributed by atoms with van der Waals surface area (Å²) >= 11 is 1.43. The van der Waals surface area contributed by atoms with Crippen molar-refractivity contribution in [3.05, 3.63) is 57.8 Å². The average molecular weight is 327 g/mol. The Bertz CT molecular complexity index is 942. The van der Waals surface area contributed by atoms with Crippen molar-refractivity contribution in [2.45, 2.75) is 19.9 Å². The third-order valence-corrected chi connectivity index (χ3v) is 4.42. The minimum absolute atomic E-state index is 0.0408. The highest BCUT2D eigenvalue weighted by molar-refractivity contribution is 7.15. The quantitative estimate of drug-likeness (QED) is 0.740. The maximum atomic E-state index is 12.7. The van der Waals surface area contributed by atoms with E-state index >= 15 is 0 Å². The van der Waals surface area contributed by atoms with Gasteiger partial charge in [-0.15, -0.1) is 0 Å². The monoisotopic (exact) mass is 327 g/mol. The second kappa shape index (κ2) is 6.75. The van der Waals surface area contributed by atoms with Gasteiger partial charge in [0.1, 0.15) is 10.6 Å². The number of methoxy groups -OCH3 is 1. The number of hydrogen-bond acceptors (Lipinski definition) is 5. The van der Waals surface area contributed by atoms with Crippen molar-refractivity contribution in [3.8, 4) is 5.75 Å². The maximum Gasteiger partial charge on any atom is 0.263 e. The van der Waals surface area contributed by atoms with Gasteiger partial charge in [-0.1, -0.05) is 18.3 Å².